The summed E-state index contributed by atoms with van der Waals surface area (Å²) in [5, 5.41) is 1.61. The molecule has 0 spiro atoms. The summed E-state index contributed by atoms with van der Waals surface area (Å²) in [6.45, 7) is 5.70. The highest BCUT2D eigenvalue weighted by Gasteiger charge is 2.31. The summed E-state index contributed by atoms with van der Waals surface area (Å²) in [5.74, 6) is 3.12. The van der Waals surface area contributed by atoms with Gasteiger partial charge in [0.15, 0.2) is 0 Å². The van der Waals surface area contributed by atoms with E-state index in [9.17, 15) is 9.59 Å². The summed E-state index contributed by atoms with van der Waals surface area (Å²) in [5.41, 5.74) is 3.42. The van der Waals surface area contributed by atoms with E-state index in [1.54, 1.807) is 4.90 Å². The van der Waals surface area contributed by atoms with E-state index in [-0.39, 0.29) is 18.0 Å². The summed E-state index contributed by atoms with van der Waals surface area (Å²) in [7, 11) is 0. The summed E-state index contributed by atoms with van der Waals surface area (Å²) in [4.78, 5) is 33.9. The van der Waals surface area contributed by atoms with Crippen LogP contribution >= 0.6 is 11.6 Å². The van der Waals surface area contributed by atoms with E-state index < -0.39 is 0 Å². The average molecular weight is 468 g/mol. The first-order valence-electron chi connectivity index (χ1n) is 11.7. The molecule has 0 saturated carbocycles. The maximum Gasteiger partial charge on any atom is 0.409 e. The predicted molar refractivity (Wildman–Crippen MR) is 129 cm³/mol. The van der Waals surface area contributed by atoms with Crippen molar-refractivity contribution in [1.82, 2.24) is 14.8 Å². The lowest BCUT2D eigenvalue weighted by Crippen LogP contribution is -2.55. The number of hydrogen-bond donors (Lipinski definition) is 0. The fourth-order valence-corrected chi connectivity index (χ4v) is 5.17. The summed E-state index contributed by atoms with van der Waals surface area (Å²) >= 11 is 6.74. The van der Waals surface area contributed by atoms with Gasteiger partial charge in [0.2, 0.25) is 0 Å². The molecule has 4 rings (SSSR count). The molecule has 2 aromatic rings. The zero-order chi connectivity index (χ0) is 23.5. The van der Waals surface area contributed by atoms with Crippen molar-refractivity contribution in [2.75, 3.05) is 26.2 Å². The number of rotatable bonds is 4. The molecule has 0 bridgehead atoms. The molecule has 1 aliphatic carbocycles. The number of fused-ring (bicyclic) bond motifs is 2. The zero-order valence-electron chi connectivity index (χ0n) is 19.3. The van der Waals surface area contributed by atoms with Crippen molar-refractivity contribution in [2.45, 2.75) is 52.0 Å². The van der Waals surface area contributed by atoms with Crippen LogP contribution in [0.5, 0.6) is 0 Å². The van der Waals surface area contributed by atoms with Gasteiger partial charge in [0.1, 0.15) is 0 Å². The number of nitrogens with zero attached hydrogens (tertiary/aromatic N) is 3. The molecule has 2 amide bonds. The van der Waals surface area contributed by atoms with E-state index in [4.69, 9.17) is 27.7 Å². The van der Waals surface area contributed by atoms with Gasteiger partial charge in [-0.1, -0.05) is 24.6 Å². The van der Waals surface area contributed by atoms with Crippen molar-refractivity contribution in [1.29, 1.82) is 0 Å². The van der Waals surface area contributed by atoms with Crippen LogP contribution in [0, 0.1) is 18.3 Å². The number of hydrogen-bond acceptors (Lipinski definition) is 4. The smallest absolute Gasteiger partial charge is 0.409 e. The maximum atomic E-state index is 13.3. The molecule has 0 radical (unpaired) electrons. The number of aromatic nitrogens is 1. The maximum absolute atomic E-state index is 13.3. The predicted octanol–water partition coefficient (Wildman–Crippen LogP) is 4.71. The molecule has 33 heavy (non-hydrogen) atoms. The number of piperazine rings is 1. The third-order valence-corrected chi connectivity index (χ3v) is 7.05. The Kier molecular flexibility index (Phi) is 7.09. The fourth-order valence-electron chi connectivity index (χ4n) is 4.80. The molecule has 1 fully saturated rings. The van der Waals surface area contributed by atoms with Gasteiger partial charge >= 0.3 is 6.09 Å². The Morgan fingerprint density at radius 3 is 2.88 bits per heavy atom. The van der Waals surface area contributed by atoms with E-state index in [1.807, 2.05) is 36.9 Å². The highest BCUT2D eigenvalue weighted by Crippen LogP contribution is 2.35. The Bertz CT molecular complexity index is 1110. The largest absolute Gasteiger partial charge is 0.449 e. The second-order valence-corrected chi connectivity index (χ2v) is 9.39. The van der Waals surface area contributed by atoms with Crippen LogP contribution in [0.25, 0.3) is 10.9 Å². The van der Waals surface area contributed by atoms with Crippen LogP contribution in [0.15, 0.2) is 18.2 Å². The molecule has 2 atom stereocenters. The fraction of sp³-hybridized carbons (Fsp3) is 0.500. The van der Waals surface area contributed by atoms with Crippen molar-refractivity contribution in [2.24, 2.45) is 5.92 Å². The molecule has 1 aliphatic heterocycles. The SMILES string of the molecule is C#CCC1CCc2c(nc3cc(C(=O)N4CCN(C(=O)OCCC)CC4C)ccc3c2Cl)C1. The molecule has 174 valence electrons. The third kappa shape index (κ3) is 4.79. The minimum absolute atomic E-state index is 0.0631. The van der Waals surface area contributed by atoms with Gasteiger partial charge in [-0.2, -0.15) is 0 Å². The molecule has 6 nitrogen and oxygen atoms in total. The third-order valence-electron chi connectivity index (χ3n) is 6.62. The summed E-state index contributed by atoms with van der Waals surface area (Å²) in [6, 6.07) is 5.45. The Morgan fingerprint density at radius 1 is 1.33 bits per heavy atom. The van der Waals surface area contributed by atoms with Crippen LogP contribution in [-0.4, -0.2) is 59.1 Å². The Hall–Kier alpha value is -2.78. The first kappa shape index (κ1) is 23.4. The van der Waals surface area contributed by atoms with Crippen molar-refractivity contribution in [3.63, 3.8) is 0 Å². The first-order chi connectivity index (χ1) is 15.9. The van der Waals surface area contributed by atoms with Gasteiger partial charge in [-0.3, -0.25) is 9.78 Å². The molecule has 2 unspecified atom stereocenters. The van der Waals surface area contributed by atoms with E-state index >= 15 is 0 Å². The highest BCUT2D eigenvalue weighted by atomic mass is 35.5. The molecule has 0 N–H and O–H groups in total. The number of ether oxygens (including phenoxy) is 1. The molecule has 2 aliphatic rings. The zero-order valence-corrected chi connectivity index (χ0v) is 20.0. The van der Waals surface area contributed by atoms with Crippen LogP contribution in [-0.2, 0) is 17.6 Å². The minimum Gasteiger partial charge on any atom is -0.449 e. The van der Waals surface area contributed by atoms with E-state index in [0.29, 0.717) is 37.7 Å². The van der Waals surface area contributed by atoms with E-state index in [1.165, 1.54) is 0 Å². The normalized spacial score (nSPS) is 20.3. The lowest BCUT2D eigenvalue weighted by Gasteiger charge is -2.39. The number of amides is 2. The number of terminal acetylenes is 1. The lowest BCUT2D eigenvalue weighted by molar-refractivity contribution is 0.0414. The Balaban J connectivity index is 1.53. The lowest BCUT2D eigenvalue weighted by atomic mass is 9.84. The number of halogens is 1. The Labute approximate surface area is 200 Å². The number of carbonyl (C=O) groups excluding carboxylic acids is 2. The average Bonchev–Trinajstić information content (AvgIpc) is 2.82. The number of carbonyl (C=O) groups is 2. The summed E-state index contributed by atoms with van der Waals surface area (Å²) in [6.07, 6.45) is 9.45. The molecule has 1 aromatic heterocycles. The topological polar surface area (TPSA) is 62.7 Å². The van der Waals surface area contributed by atoms with Gasteiger partial charge in [0.25, 0.3) is 5.91 Å². The molecular weight excluding hydrogens is 438 g/mol. The quantitative estimate of drug-likeness (QED) is 0.611. The molecule has 7 heteroatoms. The molecule has 1 saturated heterocycles. The van der Waals surface area contributed by atoms with E-state index in [2.05, 4.69) is 5.92 Å². The van der Waals surface area contributed by atoms with Crippen LogP contribution in [0.1, 0.15) is 54.7 Å². The standard InChI is InChI=1S/C26H30ClN3O3/c1-4-6-18-7-9-20-22(14-18)28-23-15-19(8-10-21(23)24(20)27)25(31)30-12-11-29(16-17(30)3)26(32)33-13-5-2/h1,8,10,15,17-18H,5-7,9,11-14,16H2,2-3H3. The second-order valence-electron chi connectivity index (χ2n) is 9.01. The Morgan fingerprint density at radius 2 is 2.15 bits per heavy atom. The van der Waals surface area contributed by atoms with Crippen LogP contribution in [0.4, 0.5) is 4.79 Å². The van der Waals surface area contributed by atoms with Gasteiger partial charge in [-0.05, 0) is 56.2 Å². The molecular formula is C26H30ClN3O3. The van der Waals surface area contributed by atoms with E-state index in [0.717, 1.165) is 59.3 Å². The van der Waals surface area contributed by atoms with Gasteiger partial charge in [0.05, 0.1) is 17.1 Å². The second kappa shape index (κ2) is 10.0. The van der Waals surface area contributed by atoms with Crippen LogP contribution < -0.4 is 0 Å². The van der Waals surface area contributed by atoms with Crippen molar-refractivity contribution in [3.05, 3.63) is 40.0 Å². The van der Waals surface area contributed by atoms with Crippen molar-refractivity contribution >= 4 is 34.5 Å². The van der Waals surface area contributed by atoms with Gasteiger partial charge in [-0.25, -0.2) is 4.79 Å². The van der Waals surface area contributed by atoms with Crippen LogP contribution in [0.3, 0.4) is 0 Å². The highest BCUT2D eigenvalue weighted by molar-refractivity contribution is 6.36. The van der Waals surface area contributed by atoms with Crippen molar-refractivity contribution < 1.29 is 14.3 Å². The van der Waals surface area contributed by atoms with Gasteiger partial charge in [0, 0.05) is 48.7 Å². The van der Waals surface area contributed by atoms with Crippen LogP contribution in [0.2, 0.25) is 5.02 Å². The van der Waals surface area contributed by atoms with Gasteiger partial charge < -0.3 is 14.5 Å². The number of pyridine rings is 1. The summed E-state index contributed by atoms with van der Waals surface area (Å²) < 4.78 is 5.24. The number of benzene rings is 1. The minimum atomic E-state index is -0.312. The van der Waals surface area contributed by atoms with Crippen molar-refractivity contribution in [3.8, 4) is 12.3 Å². The molecule has 2 heterocycles. The first-order valence-corrected chi connectivity index (χ1v) is 12.1. The molecule has 1 aromatic carbocycles. The monoisotopic (exact) mass is 467 g/mol. The van der Waals surface area contributed by atoms with Gasteiger partial charge in [-0.15, -0.1) is 12.3 Å².